The maximum atomic E-state index is 10.7. The van der Waals surface area contributed by atoms with Gasteiger partial charge >= 0.3 is 0 Å². The third-order valence-corrected chi connectivity index (χ3v) is 4.94. The van der Waals surface area contributed by atoms with Crippen molar-refractivity contribution in [3.63, 3.8) is 0 Å². The number of rotatable bonds is 6. The third kappa shape index (κ3) is 3.34. The fraction of sp³-hybridized carbons (Fsp3) is 0.667. The molecule has 0 unspecified atom stereocenters. The highest BCUT2D eigenvalue weighted by atomic mass is 16.3. The topological polar surface area (TPSA) is 20.2 Å². The quantitative estimate of drug-likeness (QED) is 0.672. The Labute approximate surface area is 138 Å². The van der Waals surface area contributed by atoms with Crippen LogP contribution in [0.3, 0.4) is 0 Å². The fourth-order valence-electron chi connectivity index (χ4n) is 3.76. The Hall–Kier alpha value is -0.980. The summed E-state index contributed by atoms with van der Waals surface area (Å²) in [6.07, 6.45) is 7.74. The minimum Gasteiger partial charge on any atom is -0.507 e. The largest absolute Gasteiger partial charge is 0.507 e. The van der Waals surface area contributed by atoms with Crippen molar-refractivity contribution < 1.29 is 5.11 Å². The molecule has 0 amide bonds. The summed E-state index contributed by atoms with van der Waals surface area (Å²) in [6, 6.07) is 2.21. The van der Waals surface area contributed by atoms with Crippen molar-refractivity contribution in [1.82, 2.24) is 0 Å². The Morgan fingerprint density at radius 3 is 1.95 bits per heavy atom. The molecule has 0 aliphatic rings. The van der Waals surface area contributed by atoms with Crippen LogP contribution in [0.4, 0.5) is 0 Å². The summed E-state index contributed by atoms with van der Waals surface area (Å²) in [6.45, 7) is 17.5. The summed E-state index contributed by atoms with van der Waals surface area (Å²) in [5.41, 5.74) is 4.74. The van der Waals surface area contributed by atoms with E-state index >= 15 is 0 Å². The second-order valence-corrected chi connectivity index (χ2v) is 7.37. The standard InChI is InChI=1S/C21H34O/c1-9-13-21(11-3,12-4)17-14-15(5)19(22)18(16(17)10-2)20(6,7)8/h14,22H,9-12H2,1-8H3. The van der Waals surface area contributed by atoms with Crippen LogP contribution in [0.25, 0.3) is 0 Å². The van der Waals surface area contributed by atoms with Gasteiger partial charge in [-0.15, -0.1) is 0 Å². The van der Waals surface area contributed by atoms with Gasteiger partial charge in [0.15, 0.2) is 0 Å². The SMILES string of the molecule is CC[C]C(CC)(CC)c1cc(C)c(O)c(C(C)(C)C)c1CC. The van der Waals surface area contributed by atoms with Crippen molar-refractivity contribution in [3.05, 3.63) is 34.7 Å². The molecule has 0 spiro atoms. The molecule has 0 aliphatic carbocycles. The van der Waals surface area contributed by atoms with E-state index in [2.05, 4.69) is 61.0 Å². The van der Waals surface area contributed by atoms with Crippen molar-refractivity contribution in [2.45, 2.75) is 91.9 Å². The minimum absolute atomic E-state index is 0.00144. The van der Waals surface area contributed by atoms with Crippen LogP contribution in [-0.4, -0.2) is 5.11 Å². The van der Waals surface area contributed by atoms with E-state index < -0.39 is 0 Å². The molecular weight excluding hydrogens is 268 g/mol. The van der Waals surface area contributed by atoms with Gasteiger partial charge in [0.1, 0.15) is 5.75 Å². The van der Waals surface area contributed by atoms with E-state index in [-0.39, 0.29) is 10.8 Å². The average Bonchev–Trinajstić information content (AvgIpc) is 2.45. The second-order valence-electron chi connectivity index (χ2n) is 7.37. The number of phenolic OH excluding ortho intramolecular Hbond substituents is 1. The highest BCUT2D eigenvalue weighted by Crippen LogP contribution is 2.45. The molecule has 2 radical (unpaired) electrons. The van der Waals surface area contributed by atoms with Crippen molar-refractivity contribution in [2.24, 2.45) is 0 Å². The first-order chi connectivity index (χ1) is 10.2. The van der Waals surface area contributed by atoms with Crippen molar-refractivity contribution in [2.75, 3.05) is 0 Å². The number of aryl methyl sites for hydroxylation is 1. The zero-order valence-electron chi connectivity index (χ0n) is 15.9. The van der Waals surface area contributed by atoms with Gasteiger partial charge in [-0.05, 0) is 61.1 Å². The lowest BCUT2D eigenvalue weighted by atomic mass is 9.67. The summed E-state index contributed by atoms with van der Waals surface area (Å²) in [7, 11) is 0. The Morgan fingerprint density at radius 2 is 1.59 bits per heavy atom. The predicted octanol–water partition coefficient (Wildman–Crippen LogP) is 6.11. The molecule has 1 heteroatoms. The van der Waals surface area contributed by atoms with Crippen molar-refractivity contribution in [1.29, 1.82) is 0 Å². The van der Waals surface area contributed by atoms with Gasteiger partial charge in [-0.25, -0.2) is 0 Å². The molecule has 0 saturated heterocycles. The third-order valence-electron chi connectivity index (χ3n) is 4.94. The number of hydrogen-bond donors (Lipinski definition) is 1. The van der Waals surface area contributed by atoms with Gasteiger partial charge in [-0.2, -0.15) is 0 Å². The molecule has 1 N–H and O–H groups in total. The molecule has 124 valence electrons. The minimum atomic E-state index is -0.0599. The Balaban J connectivity index is 3.78. The van der Waals surface area contributed by atoms with E-state index in [0.29, 0.717) is 5.75 Å². The van der Waals surface area contributed by atoms with Gasteiger partial charge in [0.2, 0.25) is 0 Å². The highest BCUT2D eigenvalue weighted by molar-refractivity contribution is 5.55. The van der Waals surface area contributed by atoms with Crippen LogP contribution in [-0.2, 0) is 17.3 Å². The Morgan fingerprint density at radius 1 is 1.05 bits per heavy atom. The molecule has 1 nitrogen and oxygen atoms in total. The van der Waals surface area contributed by atoms with Crippen LogP contribution in [0.5, 0.6) is 5.75 Å². The van der Waals surface area contributed by atoms with Crippen LogP contribution < -0.4 is 0 Å². The molecule has 1 aromatic carbocycles. The first kappa shape index (κ1) is 19.1. The molecular formula is C21H34O. The number of hydrogen-bond acceptors (Lipinski definition) is 1. The highest BCUT2D eigenvalue weighted by Gasteiger charge is 2.34. The second kappa shape index (κ2) is 7.06. The fourth-order valence-corrected chi connectivity index (χ4v) is 3.76. The summed E-state index contributed by atoms with van der Waals surface area (Å²) < 4.78 is 0. The van der Waals surface area contributed by atoms with Gasteiger partial charge in [0.25, 0.3) is 0 Å². The van der Waals surface area contributed by atoms with E-state index in [0.717, 1.165) is 36.8 Å². The van der Waals surface area contributed by atoms with Crippen LogP contribution >= 0.6 is 0 Å². The van der Waals surface area contributed by atoms with Crippen LogP contribution in [0.15, 0.2) is 6.07 Å². The van der Waals surface area contributed by atoms with E-state index in [9.17, 15) is 5.11 Å². The zero-order valence-corrected chi connectivity index (χ0v) is 15.9. The van der Waals surface area contributed by atoms with Gasteiger partial charge in [0.05, 0.1) is 0 Å². The van der Waals surface area contributed by atoms with Crippen LogP contribution in [0, 0.1) is 13.3 Å². The summed E-state index contributed by atoms with van der Waals surface area (Å²) >= 11 is 0. The molecule has 0 atom stereocenters. The first-order valence-corrected chi connectivity index (χ1v) is 8.79. The molecule has 1 rings (SSSR count). The summed E-state index contributed by atoms with van der Waals surface area (Å²) in [5, 5.41) is 10.7. The molecule has 22 heavy (non-hydrogen) atoms. The van der Waals surface area contributed by atoms with Crippen LogP contribution in [0.2, 0.25) is 0 Å². The van der Waals surface area contributed by atoms with E-state index in [1.54, 1.807) is 0 Å². The number of phenols is 1. The molecule has 0 aliphatic heterocycles. The Kier molecular flexibility index (Phi) is 6.12. The molecule has 0 aromatic heterocycles. The normalized spacial score (nSPS) is 12.7. The lowest BCUT2D eigenvalue weighted by molar-refractivity contribution is 0.423. The van der Waals surface area contributed by atoms with Gasteiger partial charge in [-0.1, -0.05) is 54.5 Å². The molecule has 1 aromatic rings. The molecule has 0 saturated carbocycles. The summed E-state index contributed by atoms with van der Waals surface area (Å²) in [4.78, 5) is 0. The summed E-state index contributed by atoms with van der Waals surface area (Å²) in [5.74, 6) is 0.478. The lowest BCUT2D eigenvalue weighted by Crippen LogP contribution is -2.29. The van der Waals surface area contributed by atoms with Gasteiger partial charge < -0.3 is 5.11 Å². The van der Waals surface area contributed by atoms with E-state index in [1.165, 1.54) is 11.1 Å². The van der Waals surface area contributed by atoms with Crippen LogP contribution in [0.1, 0.15) is 90.0 Å². The maximum Gasteiger partial charge on any atom is 0.122 e. The van der Waals surface area contributed by atoms with Crippen molar-refractivity contribution >= 4 is 0 Å². The molecule has 0 heterocycles. The van der Waals surface area contributed by atoms with E-state index in [1.807, 2.05) is 6.92 Å². The number of aromatic hydroxyl groups is 1. The predicted molar refractivity (Wildman–Crippen MR) is 96.7 cm³/mol. The van der Waals surface area contributed by atoms with Gasteiger partial charge in [0, 0.05) is 11.0 Å². The average molecular weight is 303 g/mol. The lowest BCUT2D eigenvalue weighted by Gasteiger charge is -2.37. The van der Waals surface area contributed by atoms with E-state index in [4.69, 9.17) is 0 Å². The first-order valence-electron chi connectivity index (χ1n) is 8.79. The molecule has 0 fully saturated rings. The number of benzene rings is 1. The zero-order chi connectivity index (χ0) is 17.1. The Bertz CT molecular complexity index is 502. The van der Waals surface area contributed by atoms with Gasteiger partial charge in [-0.3, -0.25) is 0 Å². The monoisotopic (exact) mass is 302 g/mol. The van der Waals surface area contributed by atoms with Crippen molar-refractivity contribution in [3.8, 4) is 5.75 Å². The molecule has 0 bridgehead atoms. The maximum absolute atomic E-state index is 10.7. The smallest absolute Gasteiger partial charge is 0.122 e.